The lowest BCUT2D eigenvalue weighted by molar-refractivity contribution is -0.137. The Kier molecular flexibility index (Phi) is 5.17. The molecule has 0 aliphatic rings. The van der Waals surface area contributed by atoms with E-state index < -0.39 is 17.7 Å². The number of ether oxygens (including phenoxy) is 1. The number of benzene rings is 1. The molecule has 31 heavy (non-hydrogen) atoms. The van der Waals surface area contributed by atoms with Crippen LogP contribution in [0.2, 0.25) is 0 Å². The number of halogens is 3. The normalized spacial score (nSPS) is 11.8. The number of alkyl halides is 3. The fourth-order valence-electron chi connectivity index (χ4n) is 3.04. The van der Waals surface area contributed by atoms with E-state index in [0.717, 1.165) is 6.07 Å². The van der Waals surface area contributed by atoms with Crippen molar-refractivity contribution in [1.82, 2.24) is 20.3 Å². The van der Waals surface area contributed by atoms with E-state index in [1.807, 2.05) is 6.92 Å². The second-order valence-electron chi connectivity index (χ2n) is 6.58. The Balaban J connectivity index is 1.75. The fourth-order valence-corrected chi connectivity index (χ4v) is 3.04. The first kappa shape index (κ1) is 20.5. The van der Waals surface area contributed by atoms with Crippen LogP contribution >= 0.6 is 0 Å². The van der Waals surface area contributed by atoms with E-state index in [9.17, 15) is 18.0 Å². The predicted molar refractivity (Wildman–Crippen MR) is 99.8 cm³/mol. The number of aryl methyl sites for hydroxylation is 2. The number of aromatic nitrogens is 4. The Morgan fingerprint density at radius 2 is 1.90 bits per heavy atom. The molecule has 0 atom stereocenters. The highest BCUT2D eigenvalue weighted by atomic mass is 19.4. The average molecular weight is 432 g/mol. The van der Waals surface area contributed by atoms with E-state index in [4.69, 9.17) is 13.8 Å². The molecular weight excluding hydrogens is 417 g/mol. The summed E-state index contributed by atoms with van der Waals surface area (Å²) < 4.78 is 55.7. The van der Waals surface area contributed by atoms with Crippen LogP contribution in [0.15, 0.2) is 39.4 Å². The van der Waals surface area contributed by atoms with Crippen molar-refractivity contribution in [1.29, 1.82) is 0 Å². The summed E-state index contributed by atoms with van der Waals surface area (Å²) in [5.41, 5.74) is -0.971. The number of rotatable bonds is 5. The molecule has 0 saturated carbocycles. The van der Waals surface area contributed by atoms with E-state index in [0.29, 0.717) is 17.9 Å². The molecule has 8 nitrogen and oxygen atoms in total. The van der Waals surface area contributed by atoms with Gasteiger partial charge in [-0.2, -0.15) is 18.2 Å². The number of carbonyl (C=O) groups is 1. The zero-order valence-corrected chi connectivity index (χ0v) is 16.4. The zero-order chi connectivity index (χ0) is 22.2. The number of hydrogen-bond acceptors (Lipinski definition) is 8. The molecule has 0 fully saturated rings. The summed E-state index contributed by atoms with van der Waals surface area (Å²) in [7, 11) is 0. The quantitative estimate of drug-likeness (QED) is 0.424. The smallest absolute Gasteiger partial charge is 0.417 e. The first-order chi connectivity index (χ1) is 14.8. The van der Waals surface area contributed by atoms with Crippen LogP contribution in [0.1, 0.15) is 40.3 Å². The minimum Gasteiger partial charge on any atom is -0.452 e. The molecule has 3 aromatic heterocycles. The predicted octanol–water partition coefficient (Wildman–Crippen LogP) is 4.52. The Morgan fingerprint density at radius 3 is 2.61 bits per heavy atom. The first-order valence-corrected chi connectivity index (χ1v) is 9.20. The Bertz CT molecular complexity index is 1260. The fraction of sp³-hybridized carbons (Fsp3) is 0.250. The highest BCUT2D eigenvalue weighted by Gasteiger charge is 2.34. The van der Waals surface area contributed by atoms with Crippen LogP contribution in [-0.2, 0) is 23.9 Å². The molecule has 0 bridgehead atoms. The lowest BCUT2D eigenvalue weighted by Crippen LogP contribution is -2.09. The monoisotopic (exact) mass is 432 g/mol. The molecule has 0 N–H and O–H groups in total. The SMILES string of the molecule is CCc1noc(COC(=O)c2cc(-c3ccccc3C(F)(F)F)nc3onc(C)c23)n1. The Labute approximate surface area is 173 Å². The molecule has 0 aliphatic carbocycles. The number of nitrogens with zero attached hydrogens (tertiary/aromatic N) is 4. The van der Waals surface area contributed by atoms with Gasteiger partial charge in [0.2, 0.25) is 0 Å². The molecule has 3 heterocycles. The van der Waals surface area contributed by atoms with Crippen molar-refractivity contribution in [3.63, 3.8) is 0 Å². The summed E-state index contributed by atoms with van der Waals surface area (Å²) >= 11 is 0. The van der Waals surface area contributed by atoms with Gasteiger partial charge in [0.05, 0.1) is 27.9 Å². The maximum Gasteiger partial charge on any atom is 0.417 e. The molecule has 4 aromatic rings. The van der Waals surface area contributed by atoms with Crippen LogP contribution in [-0.4, -0.2) is 26.3 Å². The van der Waals surface area contributed by atoms with Crippen molar-refractivity contribution in [2.45, 2.75) is 33.1 Å². The van der Waals surface area contributed by atoms with Gasteiger partial charge in [-0.25, -0.2) is 9.78 Å². The van der Waals surface area contributed by atoms with Gasteiger partial charge in [-0.3, -0.25) is 0 Å². The number of esters is 1. The summed E-state index contributed by atoms with van der Waals surface area (Å²) in [6, 6.07) is 6.14. The van der Waals surface area contributed by atoms with Gasteiger partial charge in [-0.1, -0.05) is 35.4 Å². The first-order valence-electron chi connectivity index (χ1n) is 9.20. The van der Waals surface area contributed by atoms with Crippen LogP contribution in [0, 0.1) is 6.92 Å². The van der Waals surface area contributed by atoms with Crippen LogP contribution in [0.5, 0.6) is 0 Å². The largest absolute Gasteiger partial charge is 0.452 e. The van der Waals surface area contributed by atoms with E-state index >= 15 is 0 Å². The van der Waals surface area contributed by atoms with Crippen molar-refractivity contribution >= 4 is 17.1 Å². The number of hydrogen-bond donors (Lipinski definition) is 0. The van der Waals surface area contributed by atoms with E-state index in [1.165, 1.54) is 24.3 Å². The standard InChI is InChI=1S/C20H15F3N4O4/c1-3-15-25-16(30-27-15)9-29-19(28)12-8-14(24-18-17(12)10(2)26-31-18)11-6-4-5-7-13(11)20(21,22)23/h4-8H,3,9H2,1-2H3. The number of pyridine rings is 1. The van der Waals surface area contributed by atoms with E-state index in [-0.39, 0.29) is 40.4 Å². The zero-order valence-electron chi connectivity index (χ0n) is 16.4. The molecule has 160 valence electrons. The maximum atomic E-state index is 13.5. The van der Waals surface area contributed by atoms with Gasteiger partial charge in [-0.15, -0.1) is 0 Å². The number of fused-ring (bicyclic) bond motifs is 1. The van der Waals surface area contributed by atoms with E-state index in [1.54, 1.807) is 6.92 Å². The third-order valence-corrected chi connectivity index (χ3v) is 4.50. The van der Waals surface area contributed by atoms with Crippen LogP contribution in [0.25, 0.3) is 22.4 Å². The van der Waals surface area contributed by atoms with Crippen molar-refractivity contribution in [3.05, 3.63) is 58.9 Å². The van der Waals surface area contributed by atoms with Crippen LogP contribution < -0.4 is 0 Å². The minimum atomic E-state index is -4.61. The Morgan fingerprint density at radius 1 is 1.13 bits per heavy atom. The summed E-state index contributed by atoms with van der Waals surface area (Å²) in [5.74, 6) is -0.265. The maximum absolute atomic E-state index is 13.5. The van der Waals surface area contributed by atoms with Crippen molar-refractivity contribution in [2.24, 2.45) is 0 Å². The van der Waals surface area contributed by atoms with Gasteiger partial charge in [-0.05, 0) is 19.1 Å². The van der Waals surface area contributed by atoms with Gasteiger partial charge in [0.25, 0.3) is 11.6 Å². The number of carbonyl (C=O) groups excluding carboxylic acids is 1. The molecule has 4 rings (SSSR count). The van der Waals surface area contributed by atoms with Gasteiger partial charge < -0.3 is 13.8 Å². The third kappa shape index (κ3) is 3.98. The molecule has 1 aromatic carbocycles. The lowest BCUT2D eigenvalue weighted by atomic mass is 10.0. The molecular formula is C20H15F3N4O4. The molecule has 0 unspecified atom stereocenters. The highest BCUT2D eigenvalue weighted by Crippen LogP contribution is 2.37. The molecule has 0 spiro atoms. The molecule has 0 aliphatic heterocycles. The van der Waals surface area contributed by atoms with Gasteiger partial charge in [0, 0.05) is 12.0 Å². The van der Waals surface area contributed by atoms with Gasteiger partial charge in [0.1, 0.15) is 0 Å². The lowest BCUT2D eigenvalue weighted by Gasteiger charge is -2.13. The molecule has 0 radical (unpaired) electrons. The summed E-state index contributed by atoms with van der Waals surface area (Å²) in [4.78, 5) is 21.0. The van der Waals surface area contributed by atoms with Gasteiger partial charge >= 0.3 is 12.1 Å². The summed E-state index contributed by atoms with van der Waals surface area (Å²) in [5, 5.41) is 7.73. The van der Waals surface area contributed by atoms with Crippen LogP contribution in [0.3, 0.4) is 0 Å². The van der Waals surface area contributed by atoms with Crippen molar-refractivity contribution in [2.75, 3.05) is 0 Å². The van der Waals surface area contributed by atoms with Crippen molar-refractivity contribution in [3.8, 4) is 11.3 Å². The second kappa shape index (κ2) is 7.82. The second-order valence-corrected chi connectivity index (χ2v) is 6.58. The highest BCUT2D eigenvalue weighted by molar-refractivity contribution is 6.04. The average Bonchev–Trinajstić information content (AvgIpc) is 3.37. The van der Waals surface area contributed by atoms with Crippen LogP contribution in [0.4, 0.5) is 13.2 Å². The third-order valence-electron chi connectivity index (χ3n) is 4.50. The van der Waals surface area contributed by atoms with Gasteiger partial charge in [0.15, 0.2) is 12.4 Å². The Hall–Kier alpha value is -3.76. The summed E-state index contributed by atoms with van der Waals surface area (Å²) in [6.45, 7) is 3.12. The van der Waals surface area contributed by atoms with Crippen molar-refractivity contribution < 1.29 is 31.7 Å². The minimum absolute atomic E-state index is 0.0362. The van der Waals surface area contributed by atoms with E-state index in [2.05, 4.69) is 20.3 Å². The molecule has 0 saturated heterocycles. The molecule has 11 heteroatoms. The molecule has 0 amide bonds. The topological polar surface area (TPSA) is 104 Å². The summed E-state index contributed by atoms with van der Waals surface area (Å²) in [6.07, 6.45) is -4.07.